The molecule has 0 spiro atoms. The minimum absolute atomic E-state index is 0.147. The minimum atomic E-state index is -0.147. The lowest BCUT2D eigenvalue weighted by atomic mass is 9.78. The van der Waals surface area contributed by atoms with Gasteiger partial charge in [-0.3, -0.25) is 0 Å². The van der Waals surface area contributed by atoms with E-state index in [9.17, 15) is 0 Å². The van der Waals surface area contributed by atoms with Crippen molar-refractivity contribution < 1.29 is 18.9 Å². The second-order valence-electron chi connectivity index (χ2n) is 15.5. The second kappa shape index (κ2) is 17.6. The zero-order valence-electron chi connectivity index (χ0n) is 34.0. The third-order valence-electron chi connectivity index (χ3n) is 10.8. The number of hydrogen-bond donors (Lipinski definition) is 0. The maximum atomic E-state index is 6.20. The lowest BCUT2D eigenvalue weighted by molar-refractivity contribution is 0.414. The van der Waals surface area contributed by atoms with Gasteiger partial charge in [0.25, 0.3) is 0 Å². The molecule has 0 amide bonds. The van der Waals surface area contributed by atoms with Gasteiger partial charge in [0.15, 0.2) is 0 Å². The van der Waals surface area contributed by atoms with Crippen LogP contribution in [0, 0.1) is 6.92 Å². The highest BCUT2D eigenvalue weighted by molar-refractivity contribution is 5.65. The molecule has 0 radical (unpaired) electrons. The summed E-state index contributed by atoms with van der Waals surface area (Å²) in [6.45, 7) is 6.57. The zero-order valence-corrected chi connectivity index (χ0v) is 34.0. The molecule has 0 bridgehead atoms. The standard InChI is InChI=1S/C55H48O4/c1-39-5-7-40(8-6-39)37-41-9-23-49(24-10-41)57-52-29-15-44(16-30-52)45-17-31-53(32-18-45)58-50-25-11-42(12-26-50)38-43-13-27-51(28-14-43)59-54-35-21-47(22-36-54)55(2,3)46-19-33-48(56-4)34-20-46/h5-36H,37-38H2,1-4H3. The van der Waals surface area contributed by atoms with Crippen molar-refractivity contribution in [1.29, 1.82) is 0 Å². The fourth-order valence-corrected chi connectivity index (χ4v) is 7.16. The van der Waals surface area contributed by atoms with Gasteiger partial charge in [0.05, 0.1) is 7.11 Å². The summed E-state index contributed by atoms with van der Waals surface area (Å²) in [6.07, 6.45) is 1.72. The minimum Gasteiger partial charge on any atom is -0.497 e. The first kappa shape index (κ1) is 38.8. The molecule has 0 heterocycles. The number of rotatable bonds is 14. The second-order valence-corrected chi connectivity index (χ2v) is 15.5. The van der Waals surface area contributed by atoms with E-state index in [1.165, 1.54) is 38.9 Å². The largest absolute Gasteiger partial charge is 0.497 e. The van der Waals surface area contributed by atoms with Gasteiger partial charge in [-0.15, -0.1) is 0 Å². The summed E-state index contributed by atoms with van der Waals surface area (Å²) in [5.74, 6) is 5.70. The highest BCUT2D eigenvalue weighted by Gasteiger charge is 2.23. The van der Waals surface area contributed by atoms with Crippen LogP contribution in [0.25, 0.3) is 11.1 Å². The molecule has 0 aliphatic heterocycles. The van der Waals surface area contributed by atoms with Crippen molar-refractivity contribution in [2.45, 2.75) is 39.0 Å². The SMILES string of the molecule is COc1ccc(C(C)(C)c2ccc(Oc3ccc(Cc4ccc(Oc5ccc(-c6ccc(Oc7ccc(Cc8ccc(C)cc8)cc7)cc6)cc5)cc4)cc3)cc2)cc1. The highest BCUT2D eigenvalue weighted by atomic mass is 16.5. The van der Waals surface area contributed by atoms with Crippen molar-refractivity contribution in [1.82, 2.24) is 0 Å². The number of ether oxygens (including phenoxy) is 4. The molecule has 292 valence electrons. The Morgan fingerprint density at radius 1 is 0.322 bits per heavy atom. The highest BCUT2D eigenvalue weighted by Crippen LogP contribution is 2.35. The van der Waals surface area contributed by atoms with Crippen LogP contribution in [-0.4, -0.2) is 7.11 Å². The maximum Gasteiger partial charge on any atom is 0.127 e. The van der Waals surface area contributed by atoms with Crippen molar-refractivity contribution in [3.63, 3.8) is 0 Å². The lowest BCUT2D eigenvalue weighted by Crippen LogP contribution is -2.18. The lowest BCUT2D eigenvalue weighted by Gasteiger charge is -2.26. The molecule has 0 aromatic heterocycles. The van der Waals surface area contributed by atoms with Crippen LogP contribution in [0.1, 0.15) is 52.8 Å². The van der Waals surface area contributed by atoms with Crippen LogP contribution in [0.4, 0.5) is 0 Å². The van der Waals surface area contributed by atoms with Gasteiger partial charge in [-0.2, -0.15) is 0 Å². The Balaban J connectivity index is 0.801. The summed E-state index contributed by atoms with van der Waals surface area (Å²) in [5, 5.41) is 0. The van der Waals surface area contributed by atoms with Crippen molar-refractivity contribution in [2.24, 2.45) is 0 Å². The Morgan fingerprint density at radius 3 is 0.881 bits per heavy atom. The van der Waals surface area contributed by atoms with Gasteiger partial charge in [0, 0.05) is 5.41 Å². The number of aryl methyl sites for hydroxylation is 1. The quantitative estimate of drug-likeness (QED) is 0.110. The molecule has 4 nitrogen and oxygen atoms in total. The van der Waals surface area contributed by atoms with E-state index >= 15 is 0 Å². The molecule has 8 aromatic rings. The van der Waals surface area contributed by atoms with Crippen LogP contribution in [0.5, 0.6) is 40.2 Å². The molecule has 0 aliphatic carbocycles. The Labute approximate surface area is 348 Å². The van der Waals surface area contributed by atoms with Gasteiger partial charge in [-0.05, 0) is 149 Å². The van der Waals surface area contributed by atoms with Gasteiger partial charge < -0.3 is 18.9 Å². The number of methoxy groups -OCH3 is 1. The molecule has 0 atom stereocenters. The van der Waals surface area contributed by atoms with E-state index in [1.54, 1.807) is 7.11 Å². The van der Waals surface area contributed by atoms with E-state index in [1.807, 2.05) is 84.9 Å². The molecular weight excluding hydrogens is 725 g/mol. The average molecular weight is 773 g/mol. The predicted molar refractivity (Wildman–Crippen MR) is 240 cm³/mol. The van der Waals surface area contributed by atoms with Crippen molar-refractivity contribution in [3.05, 3.63) is 233 Å². The predicted octanol–water partition coefficient (Wildman–Crippen LogP) is 14.6. The van der Waals surface area contributed by atoms with E-state index in [2.05, 4.69) is 130 Å². The molecule has 8 aromatic carbocycles. The summed E-state index contributed by atoms with van der Waals surface area (Å²) >= 11 is 0. The van der Waals surface area contributed by atoms with Crippen LogP contribution in [0.2, 0.25) is 0 Å². The van der Waals surface area contributed by atoms with Crippen LogP contribution in [0.3, 0.4) is 0 Å². The summed E-state index contributed by atoms with van der Waals surface area (Å²) in [6, 6.07) is 66.6. The molecule has 0 fully saturated rings. The normalized spacial score (nSPS) is 11.2. The molecule has 0 unspecified atom stereocenters. The summed E-state index contributed by atoms with van der Waals surface area (Å²) in [7, 11) is 1.69. The fourth-order valence-electron chi connectivity index (χ4n) is 7.16. The van der Waals surface area contributed by atoms with Gasteiger partial charge in [0.1, 0.15) is 40.2 Å². The molecule has 0 N–H and O–H groups in total. The van der Waals surface area contributed by atoms with E-state index in [0.717, 1.165) is 64.2 Å². The Bertz CT molecular complexity index is 2550. The first-order valence-electron chi connectivity index (χ1n) is 20.1. The molecule has 0 aliphatic rings. The van der Waals surface area contributed by atoms with Crippen LogP contribution < -0.4 is 18.9 Å². The summed E-state index contributed by atoms with van der Waals surface area (Å²) < 4.78 is 23.9. The average Bonchev–Trinajstić information content (AvgIpc) is 3.27. The van der Waals surface area contributed by atoms with Gasteiger partial charge in [0.2, 0.25) is 0 Å². The van der Waals surface area contributed by atoms with Crippen molar-refractivity contribution in [2.75, 3.05) is 7.11 Å². The van der Waals surface area contributed by atoms with Crippen LogP contribution in [0.15, 0.2) is 194 Å². The van der Waals surface area contributed by atoms with Crippen LogP contribution in [-0.2, 0) is 18.3 Å². The van der Waals surface area contributed by atoms with Gasteiger partial charge >= 0.3 is 0 Å². The van der Waals surface area contributed by atoms with E-state index < -0.39 is 0 Å². The fraction of sp³-hybridized carbons (Fsp3) is 0.127. The Morgan fingerprint density at radius 2 is 0.576 bits per heavy atom. The third kappa shape index (κ3) is 9.92. The number of benzene rings is 8. The van der Waals surface area contributed by atoms with Crippen molar-refractivity contribution >= 4 is 0 Å². The van der Waals surface area contributed by atoms with Gasteiger partial charge in [-0.1, -0.05) is 129 Å². The van der Waals surface area contributed by atoms with Crippen molar-refractivity contribution in [3.8, 4) is 51.4 Å². The zero-order chi connectivity index (χ0) is 40.6. The molecule has 59 heavy (non-hydrogen) atoms. The summed E-state index contributed by atoms with van der Waals surface area (Å²) in [4.78, 5) is 0. The maximum absolute atomic E-state index is 6.20. The molecule has 0 saturated carbocycles. The third-order valence-corrected chi connectivity index (χ3v) is 10.8. The van der Waals surface area contributed by atoms with E-state index in [4.69, 9.17) is 18.9 Å². The van der Waals surface area contributed by atoms with Crippen LogP contribution >= 0.6 is 0 Å². The first-order valence-corrected chi connectivity index (χ1v) is 20.1. The molecule has 8 rings (SSSR count). The number of hydrogen-bond acceptors (Lipinski definition) is 4. The topological polar surface area (TPSA) is 36.9 Å². The molecular formula is C55H48O4. The van der Waals surface area contributed by atoms with E-state index in [-0.39, 0.29) is 5.41 Å². The summed E-state index contributed by atoms with van der Waals surface area (Å²) in [5.41, 5.74) is 10.8. The molecule has 4 heteroatoms. The smallest absolute Gasteiger partial charge is 0.127 e. The molecule has 0 saturated heterocycles. The Kier molecular flexibility index (Phi) is 11.6. The monoisotopic (exact) mass is 772 g/mol. The van der Waals surface area contributed by atoms with E-state index in [0.29, 0.717) is 0 Å². The first-order chi connectivity index (χ1) is 28.7. The van der Waals surface area contributed by atoms with Gasteiger partial charge in [-0.25, -0.2) is 0 Å². The Hall–Kier alpha value is -7.04.